The highest BCUT2D eigenvalue weighted by Gasteiger charge is 2.07. The van der Waals surface area contributed by atoms with E-state index in [2.05, 4.69) is 47.2 Å². The maximum absolute atomic E-state index is 12.1. The van der Waals surface area contributed by atoms with E-state index in [1.807, 2.05) is 24.3 Å². The van der Waals surface area contributed by atoms with Gasteiger partial charge in [0.1, 0.15) is 0 Å². The Hall–Kier alpha value is -1.61. The molecule has 2 nitrogen and oxygen atoms in total. The first-order valence-corrected chi connectivity index (χ1v) is 7.56. The molecule has 2 aromatic rings. The topological polar surface area (TPSA) is 29.1 Å². The maximum atomic E-state index is 12.1. The van der Waals surface area contributed by atoms with Crippen molar-refractivity contribution in [1.82, 2.24) is 0 Å². The van der Waals surface area contributed by atoms with Crippen LogP contribution in [0.25, 0.3) is 0 Å². The summed E-state index contributed by atoms with van der Waals surface area (Å²) in [6, 6.07) is 15.4. The molecule has 2 aromatic carbocycles. The molecule has 0 aromatic heterocycles. The second kappa shape index (κ2) is 6.71. The van der Waals surface area contributed by atoms with Gasteiger partial charge in [-0.2, -0.15) is 0 Å². The molecule has 1 atom stereocenters. The van der Waals surface area contributed by atoms with E-state index in [9.17, 15) is 4.79 Å². The van der Waals surface area contributed by atoms with E-state index < -0.39 is 0 Å². The van der Waals surface area contributed by atoms with E-state index in [0.717, 1.165) is 16.6 Å². The van der Waals surface area contributed by atoms with Gasteiger partial charge < -0.3 is 5.32 Å². The van der Waals surface area contributed by atoms with Crippen molar-refractivity contribution in [2.45, 2.75) is 26.2 Å². The summed E-state index contributed by atoms with van der Waals surface area (Å²) >= 11 is 3.36. The number of benzene rings is 2. The minimum Gasteiger partial charge on any atom is -0.322 e. The summed E-state index contributed by atoms with van der Waals surface area (Å²) in [5.74, 6) is 0.458. The molecule has 0 heterocycles. The fraction of sp³-hybridized carbons (Fsp3) is 0.235. The Kier molecular flexibility index (Phi) is 4.96. The summed E-state index contributed by atoms with van der Waals surface area (Å²) in [6.07, 6.45) is 1.12. The molecule has 0 saturated heterocycles. The molecule has 0 fully saturated rings. The van der Waals surface area contributed by atoms with Crippen LogP contribution in [-0.4, -0.2) is 5.91 Å². The number of amides is 1. The molecule has 104 valence electrons. The van der Waals surface area contributed by atoms with Gasteiger partial charge in [-0.15, -0.1) is 0 Å². The van der Waals surface area contributed by atoms with E-state index in [1.165, 1.54) is 5.56 Å². The Morgan fingerprint density at radius 2 is 1.70 bits per heavy atom. The molecule has 0 radical (unpaired) electrons. The summed E-state index contributed by atoms with van der Waals surface area (Å²) in [6.45, 7) is 4.38. The van der Waals surface area contributed by atoms with Crippen LogP contribution >= 0.6 is 15.9 Å². The van der Waals surface area contributed by atoms with Gasteiger partial charge in [-0.25, -0.2) is 0 Å². The van der Waals surface area contributed by atoms with Crippen LogP contribution in [0.1, 0.15) is 42.1 Å². The highest BCUT2D eigenvalue weighted by molar-refractivity contribution is 9.10. The molecule has 0 bridgehead atoms. The molecular weight excluding hydrogens is 314 g/mol. The van der Waals surface area contributed by atoms with Crippen molar-refractivity contribution >= 4 is 27.5 Å². The number of nitrogens with one attached hydrogen (secondary N) is 1. The average molecular weight is 332 g/mol. The number of hydrogen-bond acceptors (Lipinski definition) is 1. The lowest BCUT2D eigenvalue weighted by Gasteiger charge is -2.10. The first-order valence-electron chi connectivity index (χ1n) is 6.77. The minimum atomic E-state index is -0.0891. The van der Waals surface area contributed by atoms with E-state index in [1.54, 1.807) is 12.1 Å². The molecule has 2 rings (SSSR count). The predicted octanol–water partition coefficient (Wildman–Crippen LogP) is 5.21. The third-order valence-electron chi connectivity index (χ3n) is 3.46. The summed E-state index contributed by atoms with van der Waals surface area (Å²) in [7, 11) is 0. The first-order chi connectivity index (χ1) is 9.60. The summed E-state index contributed by atoms with van der Waals surface area (Å²) in [4.78, 5) is 12.1. The zero-order valence-corrected chi connectivity index (χ0v) is 13.3. The number of rotatable bonds is 4. The zero-order chi connectivity index (χ0) is 14.5. The largest absolute Gasteiger partial charge is 0.322 e. The van der Waals surface area contributed by atoms with Gasteiger partial charge in [0.2, 0.25) is 0 Å². The third-order valence-corrected chi connectivity index (χ3v) is 3.99. The molecule has 0 saturated carbocycles. The van der Waals surface area contributed by atoms with Gasteiger partial charge >= 0.3 is 0 Å². The van der Waals surface area contributed by atoms with Gasteiger partial charge in [0.25, 0.3) is 5.91 Å². The molecule has 0 spiro atoms. The molecule has 0 aliphatic rings. The van der Waals surface area contributed by atoms with Crippen molar-refractivity contribution in [3.05, 3.63) is 64.1 Å². The molecule has 0 unspecified atom stereocenters. The van der Waals surface area contributed by atoms with E-state index in [-0.39, 0.29) is 5.91 Å². The first kappa shape index (κ1) is 14.8. The Morgan fingerprint density at radius 3 is 2.25 bits per heavy atom. The Balaban J connectivity index is 2.06. The normalized spacial score (nSPS) is 11.9. The predicted molar refractivity (Wildman–Crippen MR) is 87.2 cm³/mol. The second-order valence-corrected chi connectivity index (χ2v) is 5.81. The van der Waals surface area contributed by atoms with Crippen molar-refractivity contribution in [2.24, 2.45) is 0 Å². The summed E-state index contributed by atoms with van der Waals surface area (Å²) in [5.41, 5.74) is 2.78. The standard InChI is InChI=1S/C17H18BrNO/c1-3-12(2)13-6-10-16(11-7-13)19-17(20)14-4-8-15(18)9-5-14/h4-12H,3H2,1-2H3,(H,19,20)/t12-/m0/s1. The summed E-state index contributed by atoms with van der Waals surface area (Å²) < 4.78 is 0.965. The van der Waals surface area contributed by atoms with Crippen molar-refractivity contribution < 1.29 is 4.79 Å². The van der Waals surface area contributed by atoms with Crippen molar-refractivity contribution in [1.29, 1.82) is 0 Å². The quantitative estimate of drug-likeness (QED) is 0.818. The van der Waals surface area contributed by atoms with Gasteiger partial charge in [-0.1, -0.05) is 41.9 Å². The van der Waals surface area contributed by atoms with Crippen LogP contribution in [0.15, 0.2) is 53.0 Å². The Labute approximate surface area is 128 Å². The number of halogens is 1. The lowest BCUT2D eigenvalue weighted by molar-refractivity contribution is 0.102. The fourth-order valence-electron chi connectivity index (χ4n) is 1.94. The highest BCUT2D eigenvalue weighted by Crippen LogP contribution is 2.21. The van der Waals surface area contributed by atoms with Crippen LogP contribution < -0.4 is 5.32 Å². The molecule has 20 heavy (non-hydrogen) atoms. The van der Waals surface area contributed by atoms with Crippen LogP contribution in [0.3, 0.4) is 0 Å². The third kappa shape index (κ3) is 3.70. The minimum absolute atomic E-state index is 0.0891. The monoisotopic (exact) mass is 331 g/mol. The Morgan fingerprint density at radius 1 is 1.10 bits per heavy atom. The van der Waals surface area contributed by atoms with Crippen molar-refractivity contribution in [3.8, 4) is 0 Å². The fourth-order valence-corrected chi connectivity index (χ4v) is 2.20. The van der Waals surface area contributed by atoms with E-state index in [4.69, 9.17) is 0 Å². The van der Waals surface area contributed by atoms with Crippen LogP contribution in [-0.2, 0) is 0 Å². The second-order valence-electron chi connectivity index (χ2n) is 4.89. The van der Waals surface area contributed by atoms with Gasteiger partial charge in [-0.3, -0.25) is 4.79 Å². The van der Waals surface area contributed by atoms with Gasteiger partial charge in [0.05, 0.1) is 0 Å². The van der Waals surface area contributed by atoms with Crippen molar-refractivity contribution in [3.63, 3.8) is 0 Å². The molecule has 3 heteroatoms. The number of carbonyl (C=O) groups excluding carboxylic acids is 1. The highest BCUT2D eigenvalue weighted by atomic mass is 79.9. The SMILES string of the molecule is CC[C@H](C)c1ccc(NC(=O)c2ccc(Br)cc2)cc1. The molecule has 0 aliphatic heterocycles. The molecule has 0 aliphatic carbocycles. The maximum Gasteiger partial charge on any atom is 0.255 e. The Bertz CT molecular complexity index is 575. The van der Waals surface area contributed by atoms with Crippen LogP contribution in [0, 0.1) is 0 Å². The van der Waals surface area contributed by atoms with Gasteiger partial charge in [0.15, 0.2) is 0 Å². The summed E-state index contributed by atoms with van der Waals surface area (Å²) in [5, 5.41) is 2.91. The smallest absolute Gasteiger partial charge is 0.255 e. The number of anilines is 1. The van der Waals surface area contributed by atoms with Crippen LogP contribution in [0.2, 0.25) is 0 Å². The average Bonchev–Trinajstić information content (AvgIpc) is 2.48. The van der Waals surface area contributed by atoms with Crippen LogP contribution in [0.5, 0.6) is 0 Å². The molecule has 1 amide bonds. The van der Waals surface area contributed by atoms with E-state index in [0.29, 0.717) is 11.5 Å². The number of carbonyl (C=O) groups is 1. The van der Waals surface area contributed by atoms with Crippen LogP contribution in [0.4, 0.5) is 5.69 Å². The molecule has 1 N–H and O–H groups in total. The van der Waals surface area contributed by atoms with E-state index >= 15 is 0 Å². The lowest BCUT2D eigenvalue weighted by atomic mass is 9.98. The van der Waals surface area contributed by atoms with Crippen molar-refractivity contribution in [2.75, 3.05) is 5.32 Å². The molecular formula is C17H18BrNO. The zero-order valence-electron chi connectivity index (χ0n) is 11.7. The lowest BCUT2D eigenvalue weighted by Crippen LogP contribution is -2.11. The van der Waals surface area contributed by atoms with Gasteiger partial charge in [-0.05, 0) is 54.3 Å². The number of hydrogen-bond donors (Lipinski definition) is 1. The van der Waals surface area contributed by atoms with Gasteiger partial charge in [0, 0.05) is 15.7 Å².